The molecule has 0 aliphatic carbocycles. The molecule has 0 aliphatic rings. The molecule has 0 saturated heterocycles. The molecule has 3 aromatic carbocycles. The monoisotopic (exact) mass is 485 g/mol. The maximum Gasteiger partial charge on any atom is 0.272 e. The van der Waals surface area contributed by atoms with Gasteiger partial charge in [0.15, 0.2) is 0 Å². The number of benzene rings is 3. The van der Waals surface area contributed by atoms with Crippen molar-refractivity contribution in [1.82, 2.24) is 10.4 Å². The Balaban J connectivity index is 1.65. The Labute approximate surface area is 210 Å². The Morgan fingerprint density at radius 2 is 1.77 bits per heavy atom. The first kappa shape index (κ1) is 24.4. The average Bonchev–Trinajstić information content (AvgIpc) is 2.87. The summed E-state index contributed by atoms with van der Waals surface area (Å²) < 4.78 is 5.69. The van der Waals surface area contributed by atoms with E-state index >= 15 is 0 Å². The fourth-order valence-electron chi connectivity index (χ4n) is 3.77. The summed E-state index contributed by atoms with van der Waals surface area (Å²) in [5.41, 5.74) is 8.15. The number of nitrogens with one attached hydrogen (secondary N) is 1. The molecule has 5 nitrogen and oxygen atoms in total. The van der Waals surface area contributed by atoms with Crippen LogP contribution in [0.5, 0.6) is 5.75 Å². The predicted molar refractivity (Wildman–Crippen MR) is 143 cm³/mol. The van der Waals surface area contributed by atoms with E-state index in [1.165, 1.54) is 5.56 Å². The van der Waals surface area contributed by atoms with Crippen LogP contribution in [0.1, 0.15) is 49.2 Å². The van der Waals surface area contributed by atoms with Crippen molar-refractivity contribution in [3.05, 3.63) is 94.5 Å². The van der Waals surface area contributed by atoms with E-state index in [2.05, 4.69) is 29.6 Å². The van der Waals surface area contributed by atoms with E-state index in [9.17, 15) is 4.79 Å². The number of aryl methyl sites for hydroxylation is 1. The van der Waals surface area contributed by atoms with E-state index in [0.29, 0.717) is 32.9 Å². The van der Waals surface area contributed by atoms with E-state index in [4.69, 9.17) is 21.3 Å². The van der Waals surface area contributed by atoms with Gasteiger partial charge in [-0.25, -0.2) is 10.4 Å². The van der Waals surface area contributed by atoms with Crippen molar-refractivity contribution in [3.8, 4) is 17.0 Å². The maximum atomic E-state index is 13.3. The van der Waals surface area contributed by atoms with E-state index in [-0.39, 0.29) is 12.0 Å². The van der Waals surface area contributed by atoms with Crippen LogP contribution in [-0.4, -0.2) is 22.7 Å². The zero-order valence-electron chi connectivity index (χ0n) is 20.3. The van der Waals surface area contributed by atoms with Crippen molar-refractivity contribution in [2.75, 3.05) is 0 Å². The number of aromatic nitrogens is 1. The number of halogens is 1. The van der Waals surface area contributed by atoms with Crippen LogP contribution in [0.15, 0.2) is 77.9 Å². The van der Waals surface area contributed by atoms with Gasteiger partial charge < -0.3 is 4.74 Å². The van der Waals surface area contributed by atoms with Gasteiger partial charge in [-0.1, -0.05) is 54.9 Å². The number of hydrogen-bond acceptors (Lipinski definition) is 4. The lowest BCUT2D eigenvalue weighted by Gasteiger charge is -2.11. The van der Waals surface area contributed by atoms with E-state index in [0.717, 1.165) is 23.3 Å². The van der Waals surface area contributed by atoms with Gasteiger partial charge >= 0.3 is 0 Å². The molecule has 0 spiro atoms. The van der Waals surface area contributed by atoms with Gasteiger partial charge in [-0.05, 0) is 74.7 Å². The largest absolute Gasteiger partial charge is 0.491 e. The molecule has 1 heterocycles. The Hall–Kier alpha value is -3.70. The minimum Gasteiger partial charge on any atom is -0.491 e. The number of amides is 1. The summed E-state index contributed by atoms with van der Waals surface area (Å²) in [5, 5.41) is 5.50. The van der Waals surface area contributed by atoms with Crippen LogP contribution in [0, 0.1) is 0 Å². The number of hydrazone groups is 1. The summed E-state index contributed by atoms with van der Waals surface area (Å²) in [7, 11) is 0. The summed E-state index contributed by atoms with van der Waals surface area (Å²) in [5.74, 6) is 0.463. The molecule has 1 aromatic heterocycles. The highest BCUT2D eigenvalue weighted by Crippen LogP contribution is 2.29. The van der Waals surface area contributed by atoms with Gasteiger partial charge in [0.25, 0.3) is 5.91 Å². The summed E-state index contributed by atoms with van der Waals surface area (Å²) in [6.07, 6.45) is 1.06. The van der Waals surface area contributed by atoms with Crippen molar-refractivity contribution < 1.29 is 9.53 Å². The maximum absolute atomic E-state index is 13.3. The average molecular weight is 486 g/mol. The number of fused-ring (bicyclic) bond motifs is 1. The van der Waals surface area contributed by atoms with Gasteiger partial charge in [-0.3, -0.25) is 4.79 Å². The van der Waals surface area contributed by atoms with E-state index in [1.807, 2.05) is 69.3 Å². The molecule has 4 rings (SSSR count). The van der Waals surface area contributed by atoms with Crippen LogP contribution < -0.4 is 10.2 Å². The highest BCUT2D eigenvalue weighted by Gasteiger charge is 2.16. The SMILES string of the molecule is CCc1ccc(-c2cc(C(=O)NN=C(C)c3ccc(OC(C)C)cc3)c3cccc(Cl)c3n2)cc1. The number of nitrogens with zero attached hydrogens (tertiary/aromatic N) is 2. The highest BCUT2D eigenvalue weighted by atomic mass is 35.5. The number of para-hydroxylation sites is 1. The van der Waals surface area contributed by atoms with Gasteiger partial charge in [-0.2, -0.15) is 5.10 Å². The summed E-state index contributed by atoms with van der Waals surface area (Å²) in [6, 6.07) is 23.0. The Morgan fingerprint density at radius 1 is 1.06 bits per heavy atom. The molecular weight excluding hydrogens is 458 g/mol. The lowest BCUT2D eigenvalue weighted by molar-refractivity contribution is 0.0956. The molecule has 1 N–H and O–H groups in total. The number of ether oxygens (including phenoxy) is 1. The zero-order chi connectivity index (χ0) is 24.9. The van der Waals surface area contributed by atoms with Crippen LogP contribution in [0.3, 0.4) is 0 Å². The Bertz CT molecular complexity index is 1380. The fourth-order valence-corrected chi connectivity index (χ4v) is 3.98. The van der Waals surface area contributed by atoms with Crippen LogP contribution in [0.25, 0.3) is 22.2 Å². The van der Waals surface area contributed by atoms with Crippen LogP contribution in [0.4, 0.5) is 0 Å². The molecule has 178 valence electrons. The molecular formula is C29H28ClN3O2. The third-order valence-corrected chi connectivity index (χ3v) is 5.97. The van der Waals surface area contributed by atoms with Crippen molar-refractivity contribution in [1.29, 1.82) is 0 Å². The molecule has 0 aliphatic heterocycles. The second-order valence-corrected chi connectivity index (χ2v) is 8.98. The third kappa shape index (κ3) is 5.69. The van der Waals surface area contributed by atoms with Gasteiger partial charge in [0.1, 0.15) is 5.75 Å². The second kappa shape index (κ2) is 10.7. The molecule has 6 heteroatoms. The fraction of sp³-hybridized carbons (Fsp3) is 0.207. The molecule has 0 bridgehead atoms. The molecule has 0 unspecified atom stereocenters. The quantitative estimate of drug-likeness (QED) is 0.225. The Kier molecular flexibility index (Phi) is 7.47. The first-order valence-corrected chi connectivity index (χ1v) is 12.0. The van der Waals surface area contributed by atoms with E-state index < -0.39 is 0 Å². The van der Waals surface area contributed by atoms with Crippen LogP contribution in [-0.2, 0) is 6.42 Å². The molecule has 35 heavy (non-hydrogen) atoms. The van der Waals surface area contributed by atoms with Crippen molar-refractivity contribution in [3.63, 3.8) is 0 Å². The Morgan fingerprint density at radius 3 is 2.43 bits per heavy atom. The second-order valence-electron chi connectivity index (χ2n) is 8.57. The number of rotatable bonds is 7. The lowest BCUT2D eigenvalue weighted by Crippen LogP contribution is -2.20. The topological polar surface area (TPSA) is 63.6 Å². The number of carbonyl (C=O) groups is 1. The first-order chi connectivity index (χ1) is 16.9. The van der Waals surface area contributed by atoms with Gasteiger partial charge in [0.2, 0.25) is 0 Å². The molecule has 0 saturated carbocycles. The first-order valence-electron chi connectivity index (χ1n) is 11.7. The van der Waals surface area contributed by atoms with Crippen molar-refractivity contribution >= 4 is 34.1 Å². The van der Waals surface area contributed by atoms with Gasteiger partial charge in [0, 0.05) is 10.9 Å². The van der Waals surface area contributed by atoms with Crippen molar-refractivity contribution in [2.45, 2.75) is 40.2 Å². The summed E-state index contributed by atoms with van der Waals surface area (Å²) >= 11 is 6.46. The zero-order valence-corrected chi connectivity index (χ0v) is 21.1. The third-order valence-electron chi connectivity index (χ3n) is 5.66. The summed E-state index contributed by atoms with van der Waals surface area (Å²) in [4.78, 5) is 18.0. The smallest absolute Gasteiger partial charge is 0.272 e. The minimum absolute atomic E-state index is 0.105. The standard InChI is InChI=1S/C29H28ClN3O2/c1-5-20-9-11-22(12-10-20)27-17-25(24-7-6-8-26(30)28(24)31-27)29(34)33-32-19(4)21-13-15-23(16-14-21)35-18(2)3/h6-18H,5H2,1-4H3,(H,33,34). The number of hydrogen-bond donors (Lipinski definition) is 1. The number of pyridine rings is 1. The normalized spacial score (nSPS) is 11.7. The van der Waals surface area contributed by atoms with Crippen molar-refractivity contribution in [2.24, 2.45) is 5.10 Å². The van der Waals surface area contributed by atoms with Gasteiger partial charge in [0.05, 0.1) is 33.6 Å². The summed E-state index contributed by atoms with van der Waals surface area (Å²) in [6.45, 7) is 7.93. The molecule has 4 aromatic rings. The molecule has 0 fully saturated rings. The molecule has 0 atom stereocenters. The number of carbonyl (C=O) groups excluding carboxylic acids is 1. The van der Waals surface area contributed by atoms with Crippen LogP contribution in [0.2, 0.25) is 5.02 Å². The lowest BCUT2D eigenvalue weighted by atomic mass is 10.0. The van der Waals surface area contributed by atoms with Gasteiger partial charge in [-0.15, -0.1) is 0 Å². The highest BCUT2D eigenvalue weighted by molar-refractivity contribution is 6.35. The molecule has 0 radical (unpaired) electrons. The van der Waals surface area contributed by atoms with E-state index in [1.54, 1.807) is 12.1 Å². The molecule has 1 amide bonds. The predicted octanol–water partition coefficient (Wildman–Crippen LogP) is 7.06. The van der Waals surface area contributed by atoms with Crippen LogP contribution >= 0.6 is 11.6 Å². The minimum atomic E-state index is -0.329.